The number of fused-ring (bicyclic) bond motifs is 1. The number of benzene rings is 1. The lowest BCUT2D eigenvalue weighted by molar-refractivity contribution is -0.136. The van der Waals surface area contributed by atoms with E-state index in [1.165, 1.54) is 5.69 Å². The average molecular weight is 405 g/mol. The fourth-order valence-electron chi connectivity index (χ4n) is 4.73. The maximum absolute atomic E-state index is 13.3. The lowest BCUT2D eigenvalue weighted by Gasteiger charge is -2.39. The molecular weight excluding hydrogens is 376 g/mol. The molecule has 156 valence electrons. The number of aromatic nitrogens is 3. The quantitative estimate of drug-likeness (QED) is 0.672. The molecule has 7 heteroatoms. The number of piperidine rings is 1. The molecule has 3 aromatic rings. The molecule has 30 heavy (non-hydrogen) atoms. The topological polar surface area (TPSA) is 57.0 Å². The molecule has 0 saturated carbocycles. The van der Waals surface area contributed by atoms with Gasteiger partial charge in [-0.25, -0.2) is 0 Å². The minimum Gasteiger partial charge on any atom is -0.368 e. The van der Waals surface area contributed by atoms with Crippen LogP contribution >= 0.6 is 0 Å². The summed E-state index contributed by atoms with van der Waals surface area (Å²) < 4.78 is 2.09. The van der Waals surface area contributed by atoms with Crippen LogP contribution in [0.1, 0.15) is 18.5 Å². The van der Waals surface area contributed by atoms with E-state index < -0.39 is 0 Å². The monoisotopic (exact) mass is 404 g/mol. The zero-order valence-corrected chi connectivity index (χ0v) is 17.4. The fraction of sp³-hybridized carbons (Fsp3) is 0.435. The van der Waals surface area contributed by atoms with E-state index in [-0.39, 0.29) is 11.8 Å². The normalized spacial score (nSPS) is 20.0. The number of nitrogens with zero attached hydrogens (tertiary/aromatic N) is 6. The molecule has 0 unspecified atom stereocenters. The first-order valence-electron chi connectivity index (χ1n) is 10.9. The van der Waals surface area contributed by atoms with Gasteiger partial charge < -0.3 is 14.7 Å². The number of hydrogen-bond donors (Lipinski definition) is 0. The number of para-hydroxylation sites is 1. The van der Waals surface area contributed by atoms with Gasteiger partial charge in [0, 0.05) is 50.6 Å². The Kier molecular flexibility index (Phi) is 5.02. The van der Waals surface area contributed by atoms with Gasteiger partial charge in [-0.3, -0.25) is 9.20 Å². The Morgan fingerprint density at radius 3 is 2.50 bits per heavy atom. The van der Waals surface area contributed by atoms with Gasteiger partial charge in [-0.2, -0.15) is 0 Å². The average Bonchev–Trinajstić information content (AvgIpc) is 3.25. The van der Waals surface area contributed by atoms with Crippen LogP contribution in [0.4, 0.5) is 11.6 Å². The number of carbonyl (C=O) groups is 1. The van der Waals surface area contributed by atoms with E-state index in [1.807, 2.05) is 18.2 Å². The molecule has 5 rings (SSSR count). The summed E-state index contributed by atoms with van der Waals surface area (Å²) >= 11 is 0. The van der Waals surface area contributed by atoms with Crippen LogP contribution in [0, 0.1) is 12.8 Å². The second kappa shape index (κ2) is 7.97. The molecule has 2 aliphatic heterocycles. The van der Waals surface area contributed by atoms with E-state index in [2.05, 4.69) is 66.6 Å². The van der Waals surface area contributed by atoms with Crippen molar-refractivity contribution in [1.82, 2.24) is 19.5 Å². The highest BCUT2D eigenvalue weighted by atomic mass is 16.2. The molecule has 0 N–H and O–H groups in total. The first kappa shape index (κ1) is 18.9. The molecule has 0 aliphatic carbocycles. The van der Waals surface area contributed by atoms with Gasteiger partial charge in [-0.15, -0.1) is 10.2 Å². The molecule has 4 heterocycles. The Bertz CT molecular complexity index is 1020. The Morgan fingerprint density at radius 2 is 1.70 bits per heavy atom. The van der Waals surface area contributed by atoms with Crippen LogP contribution in [0.25, 0.3) is 5.65 Å². The van der Waals surface area contributed by atoms with Crippen molar-refractivity contribution in [3.05, 3.63) is 54.2 Å². The van der Waals surface area contributed by atoms with Crippen molar-refractivity contribution in [2.45, 2.75) is 19.8 Å². The predicted molar refractivity (Wildman–Crippen MR) is 118 cm³/mol. The predicted octanol–water partition coefficient (Wildman–Crippen LogP) is 2.60. The third kappa shape index (κ3) is 3.49. The largest absolute Gasteiger partial charge is 0.368 e. The molecule has 0 bridgehead atoms. The van der Waals surface area contributed by atoms with Crippen molar-refractivity contribution in [2.24, 2.45) is 5.92 Å². The van der Waals surface area contributed by atoms with Crippen LogP contribution in [0.5, 0.6) is 0 Å². The summed E-state index contributed by atoms with van der Waals surface area (Å²) in [5.41, 5.74) is 3.20. The summed E-state index contributed by atoms with van der Waals surface area (Å²) in [6.07, 6.45) is 1.95. The molecule has 2 fully saturated rings. The Hall–Kier alpha value is -3.09. The Labute approximate surface area is 176 Å². The minimum absolute atomic E-state index is 0.0263. The lowest BCUT2D eigenvalue weighted by atomic mass is 9.96. The van der Waals surface area contributed by atoms with E-state index in [0.717, 1.165) is 62.9 Å². The molecule has 2 aromatic heterocycles. The number of amides is 1. The molecule has 0 spiro atoms. The maximum atomic E-state index is 13.3. The minimum atomic E-state index is 0.0263. The van der Waals surface area contributed by atoms with Crippen LogP contribution in [-0.4, -0.2) is 64.7 Å². The number of anilines is 2. The number of piperazine rings is 1. The summed E-state index contributed by atoms with van der Waals surface area (Å²) in [5.74, 6) is 1.17. The van der Waals surface area contributed by atoms with Crippen LogP contribution in [0.3, 0.4) is 0 Å². The second-order valence-electron chi connectivity index (χ2n) is 8.29. The van der Waals surface area contributed by atoms with Crippen molar-refractivity contribution in [1.29, 1.82) is 0 Å². The summed E-state index contributed by atoms with van der Waals surface area (Å²) in [6, 6.07) is 16.5. The number of carbonyl (C=O) groups excluding carboxylic acids is 1. The van der Waals surface area contributed by atoms with Gasteiger partial charge in [-0.05, 0) is 44.0 Å². The first-order valence-corrected chi connectivity index (χ1v) is 10.9. The van der Waals surface area contributed by atoms with E-state index >= 15 is 0 Å². The molecule has 1 atom stereocenters. The van der Waals surface area contributed by atoms with E-state index in [9.17, 15) is 4.79 Å². The highest BCUT2D eigenvalue weighted by Crippen LogP contribution is 2.25. The molecular formula is C23H28N6O. The summed E-state index contributed by atoms with van der Waals surface area (Å²) in [4.78, 5) is 19.9. The van der Waals surface area contributed by atoms with Crippen LogP contribution in [0.15, 0.2) is 48.5 Å². The molecule has 2 saturated heterocycles. The maximum Gasteiger partial charge on any atom is 0.231 e. The van der Waals surface area contributed by atoms with Gasteiger partial charge in [0.05, 0.1) is 5.92 Å². The third-order valence-electron chi connectivity index (χ3n) is 6.37. The highest BCUT2D eigenvalue weighted by Gasteiger charge is 2.32. The van der Waals surface area contributed by atoms with Crippen molar-refractivity contribution in [3.63, 3.8) is 0 Å². The van der Waals surface area contributed by atoms with Crippen molar-refractivity contribution >= 4 is 23.2 Å². The summed E-state index contributed by atoms with van der Waals surface area (Å²) in [5, 5.41) is 8.76. The fourth-order valence-corrected chi connectivity index (χ4v) is 4.73. The zero-order valence-electron chi connectivity index (χ0n) is 17.4. The number of rotatable bonds is 3. The van der Waals surface area contributed by atoms with Gasteiger partial charge in [0.1, 0.15) is 0 Å². The zero-order chi connectivity index (χ0) is 20.5. The van der Waals surface area contributed by atoms with Crippen molar-refractivity contribution in [2.75, 3.05) is 49.1 Å². The SMILES string of the molecule is Cc1cccc2nnc(N3CCC[C@@H](C(=O)N4CCN(c5ccccc5)CC4)C3)n12. The van der Waals surface area contributed by atoms with Gasteiger partial charge in [0.25, 0.3) is 0 Å². The summed E-state index contributed by atoms with van der Waals surface area (Å²) in [6.45, 7) is 7.06. The third-order valence-corrected chi connectivity index (χ3v) is 6.37. The van der Waals surface area contributed by atoms with E-state index in [0.29, 0.717) is 6.54 Å². The van der Waals surface area contributed by atoms with Gasteiger partial charge in [-0.1, -0.05) is 24.3 Å². The Balaban J connectivity index is 1.25. The van der Waals surface area contributed by atoms with Gasteiger partial charge in [0.2, 0.25) is 11.9 Å². The number of aryl methyl sites for hydroxylation is 1. The van der Waals surface area contributed by atoms with Crippen LogP contribution in [-0.2, 0) is 4.79 Å². The van der Waals surface area contributed by atoms with E-state index in [1.54, 1.807) is 0 Å². The van der Waals surface area contributed by atoms with Crippen molar-refractivity contribution < 1.29 is 4.79 Å². The molecule has 7 nitrogen and oxygen atoms in total. The number of pyridine rings is 1. The van der Waals surface area contributed by atoms with E-state index in [4.69, 9.17) is 0 Å². The van der Waals surface area contributed by atoms with Gasteiger partial charge in [0.15, 0.2) is 5.65 Å². The van der Waals surface area contributed by atoms with Crippen LogP contribution < -0.4 is 9.80 Å². The second-order valence-corrected chi connectivity index (χ2v) is 8.29. The standard InChI is InChI=1S/C23H28N6O/c1-18-7-5-11-21-24-25-23(29(18)21)28-12-6-8-19(17-28)22(30)27-15-13-26(14-16-27)20-9-3-2-4-10-20/h2-5,7,9-11,19H,6,8,12-17H2,1H3/t19-/m1/s1. The smallest absolute Gasteiger partial charge is 0.231 e. The molecule has 1 amide bonds. The summed E-state index contributed by atoms with van der Waals surface area (Å²) in [7, 11) is 0. The highest BCUT2D eigenvalue weighted by molar-refractivity contribution is 5.80. The first-order chi connectivity index (χ1) is 14.7. The molecule has 2 aliphatic rings. The Morgan fingerprint density at radius 1 is 0.900 bits per heavy atom. The number of hydrogen-bond acceptors (Lipinski definition) is 5. The lowest BCUT2D eigenvalue weighted by Crippen LogP contribution is -2.52. The van der Waals surface area contributed by atoms with Gasteiger partial charge >= 0.3 is 0 Å². The molecule has 0 radical (unpaired) electrons. The van der Waals surface area contributed by atoms with Crippen LogP contribution in [0.2, 0.25) is 0 Å². The molecule has 1 aromatic carbocycles. The van der Waals surface area contributed by atoms with Crippen molar-refractivity contribution in [3.8, 4) is 0 Å².